The molecule has 9 heteroatoms. The molecular weight excluding hydrogens is 428 g/mol. The highest BCUT2D eigenvalue weighted by atomic mass is 16.1. The van der Waals surface area contributed by atoms with E-state index in [0.717, 1.165) is 58.1 Å². The lowest BCUT2D eigenvalue weighted by atomic mass is 10.0. The summed E-state index contributed by atoms with van der Waals surface area (Å²) in [5, 5.41) is 4.68. The number of anilines is 1. The van der Waals surface area contributed by atoms with Crippen molar-refractivity contribution in [2.45, 2.75) is 26.8 Å². The molecule has 9 nitrogen and oxygen atoms in total. The maximum Gasteiger partial charge on any atom is 0.274 e. The number of hydrogen-bond acceptors (Lipinski definition) is 7. The fourth-order valence-corrected chi connectivity index (χ4v) is 4.43. The molecule has 34 heavy (non-hydrogen) atoms. The van der Waals surface area contributed by atoms with Gasteiger partial charge in [-0.25, -0.2) is 15.0 Å². The summed E-state index contributed by atoms with van der Waals surface area (Å²) in [7, 11) is 0. The zero-order valence-electron chi connectivity index (χ0n) is 18.9. The lowest BCUT2D eigenvalue weighted by Crippen LogP contribution is -2.33. The van der Waals surface area contributed by atoms with E-state index >= 15 is 0 Å². The number of hydrogen-bond donors (Lipinski definition) is 0. The molecule has 1 aliphatic heterocycles. The Balaban J connectivity index is 1.34. The summed E-state index contributed by atoms with van der Waals surface area (Å²) in [6.45, 7) is 5.48. The summed E-state index contributed by atoms with van der Waals surface area (Å²) >= 11 is 0. The van der Waals surface area contributed by atoms with E-state index in [0.29, 0.717) is 12.2 Å². The molecule has 5 aromatic heterocycles. The van der Waals surface area contributed by atoms with E-state index in [1.54, 1.807) is 12.5 Å². The number of pyridine rings is 2. The van der Waals surface area contributed by atoms with E-state index in [4.69, 9.17) is 4.98 Å². The lowest BCUT2D eigenvalue weighted by molar-refractivity contribution is 0.684. The summed E-state index contributed by atoms with van der Waals surface area (Å²) in [5.74, 6) is 1.62. The first-order valence-electron chi connectivity index (χ1n) is 11.1. The molecule has 1 aliphatic rings. The van der Waals surface area contributed by atoms with Crippen LogP contribution in [0.1, 0.15) is 22.4 Å². The molecule has 0 amide bonds. The van der Waals surface area contributed by atoms with Gasteiger partial charge in [0, 0.05) is 84.5 Å². The topological polar surface area (TPSA) is 94.1 Å². The van der Waals surface area contributed by atoms with Crippen LogP contribution in [-0.2, 0) is 13.0 Å². The molecule has 0 aliphatic carbocycles. The van der Waals surface area contributed by atoms with Gasteiger partial charge in [0.05, 0.1) is 0 Å². The van der Waals surface area contributed by atoms with Gasteiger partial charge in [0.1, 0.15) is 12.1 Å². The van der Waals surface area contributed by atoms with Gasteiger partial charge in [0.2, 0.25) is 0 Å². The third kappa shape index (κ3) is 3.33. The molecule has 0 N–H and O–H groups in total. The Morgan fingerprint density at radius 3 is 2.62 bits per heavy atom. The van der Waals surface area contributed by atoms with Crippen molar-refractivity contribution < 1.29 is 0 Å². The molecule has 6 heterocycles. The first kappa shape index (κ1) is 20.2. The Bertz CT molecular complexity index is 1570. The normalized spacial score (nSPS) is 13.3. The third-order valence-corrected chi connectivity index (χ3v) is 6.44. The van der Waals surface area contributed by atoms with E-state index < -0.39 is 0 Å². The average molecular weight is 451 g/mol. The van der Waals surface area contributed by atoms with Crippen molar-refractivity contribution in [1.82, 2.24) is 34.1 Å². The van der Waals surface area contributed by atoms with E-state index in [2.05, 4.69) is 31.0 Å². The maximum atomic E-state index is 12.4. The van der Waals surface area contributed by atoms with Crippen molar-refractivity contribution in [3.05, 3.63) is 94.3 Å². The van der Waals surface area contributed by atoms with Gasteiger partial charge in [-0.1, -0.05) is 0 Å². The molecule has 168 valence electrons. The van der Waals surface area contributed by atoms with Gasteiger partial charge in [0.25, 0.3) is 5.56 Å². The highest BCUT2D eigenvalue weighted by Crippen LogP contribution is 2.29. The highest BCUT2D eigenvalue weighted by molar-refractivity contribution is 5.64. The Morgan fingerprint density at radius 1 is 0.941 bits per heavy atom. The van der Waals surface area contributed by atoms with Crippen LogP contribution in [0.25, 0.3) is 22.6 Å². The lowest BCUT2D eigenvalue weighted by Gasteiger charge is -2.31. The van der Waals surface area contributed by atoms with Crippen LogP contribution in [0, 0.1) is 13.8 Å². The van der Waals surface area contributed by atoms with Crippen molar-refractivity contribution >= 4 is 11.5 Å². The average Bonchev–Trinajstić information content (AvgIpc) is 3.41. The molecule has 0 spiro atoms. The standard InChI is InChI=1S/C25H22N8O/c1-16-17(2)25(30-33-23(34)5-7-27-24(16)33)31-9-6-21-20(14-31)11-19(13-28-21)18-3-4-22(29-12-18)32-10-8-26-15-32/h3-5,7-8,10-13,15H,6,9,14H2,1-2H3. The first-order valence-corrected chi connectivity index (χ1v) is 11.1. The number of rotatable bonds is 3. The fraction of sp³-hybridized carbons (Fsp3) is 0.200. The Kier molecular flexibility index (Phi) is 4.68. The molecule has 0 aromatic carbocycles. The molecule has 0 saturated carbocycles. The van der Waals surface area contributed by atoms with Crippen LogP contribution in [0.5, 0.6) is 0 Å². The molecule has 5 aromatic rings. The number of nitrogens with zero attached hydrogens (tertiary/aromatic N) is 8. The van der Waals surface area contributed by atoms with Crippen molar-refractivity contribution in [1.29, 1.82) is 0 Å². The van der Waals surface area contributed by atoms with Crippen LogP contribution < -0.4 is 10.5 Å². The van der Waals surface area contributed by atoms with E-state index in [1.807, 2.05) is 49.1 Å². The molecular formula is C25H22N8O. The Hall–Kier alpha value is -4.40. The van der Waals surface area contributed by atoms with Gasteiger partial charge in [-0.15, -0.1) is 5.10 Å². The van der Waals surface area contributed by atoms with Crippen molar-refractivity contribution in [3.63, 3.8) is 0 Å². The molecule has 0 bridgehead atoms. The van der Waals surface area contributed by atoms with Gasteiger partial charge in [-0.2, -0.15) is 4.52 Å². The number of aromatic nitrogens is 7. The zero-order valence-corrected chi connectivity index (χ0v) is 18.9. The van der Waals surface area contributed by atoms with E-state index in [9.17, 15) is 4.79 Å². The summed E-state index contributed by atoms with van der Waals surface area (Å²) in [4.78, 5) is 32.4. The molecule has 0 radical (unpaired) electrons. The van der Waals surface area contributed by atoms with Crippen LogP contribution in [0.15, 0.2) is 66.4 Å². The van der Waals surface area contributed by atoms with Gasteiger partial charge >= 0.3 is 0 Å². The molecule has 0 saturated heterocycles. The minimum atomic E-state index is -0.178. The number of aryl methyl sites for hydroxylation is 1. The quantitative estimate of drug-likeness (QED) is 0.417. The SMILES string of the molecule is Cc1c(N2CCc3ncc(-c4ccc(-n5ccnc5)nc4)cc3C2)nn2c(=O)ccnc2c1C. The predicted octanol–water partition coefficient (Wildman–Crippen LogP) is 2.91. The number of imidazole rings is 1. The van der Waals surface area contributed by atoms with Crippen molar-refractivity contribution in [3.8, 4) is 16.9 Å². The van der Waals surface area contributed by atoms with Crippen molar-refractivity contribution in [2.24, 2.45) is 0 Å². The fourth-order valence-electron chi connectivity index (χ4n) is 4.43. The second kappa shape index (κ2) is 7.87. The Labute approximate surface area is 195 Å². The van der Waals surface area contributed by atoms with Crippen LogP contribution in [0.2, 0.25) is 0 Å². The summed E-state index contributed by atoms with van der Waals surface area (Å²) in [6.07, 6.45) is 11.4. The summed E-state index contributed by atoms with van der Waals surface area (Å²) in [5.41, 5.74) is 6.69. The van der Waals surface area contributed by atoms with E-state index in [-0.39, 0.29) is 5.56 Å². The maximum absolute atomic E-state index is 12.4. The molecule has 0 unspecified atom stereocenters. The Morgan fingerprint density at radius 2 is 1.82 bits per heavy atom. The second-order valence-electron chi connectivity index (χ2n) is 8.47. The smallest absolute Gasteiger partial charge is 0.274 e. The van der Waals surface area contributed by atoms with Gasteiger partial charge in [-0.05, 0) is 37.6 Å². The van der Waals surface area contributed by atoms with Gasteiger partial charge < -0.3 is 4.90 Å². The molecule has 0 fully saturated rings. The largest absolute Gasteiger partial charge is 0.350 e. The minimum Gasteiger partial charge on any atom is -0.350 e. The molecule has 6 rings (SSSR count). The first-order chi connectivity index (χ1) is 16.6. The minimum absolute atomic E-state index is 0.178. The van der Waals surface area contributed by atoms with E-state index in [1.165, 1.54) is 16.8 Å². The number of fused-ring (bicyclic) bond motifs is 2. The van der Waals surface area contributed by atoms with Gasteiger partial charge in [-0.3, -0.25) is 14.3 Å². The third-order valence-electron chi connectivity index (χ3n) is 6.44. The predicted molar refractivity (Wildman–Crippen MR) is 128 cm³/mol. The highest BCUT2D eigenvalue weighted by Gasteiger charge is 2.23. The zero-order chi connectivity index (χ0) is 23.2. The van der Waals surface area contributed by atoms with Crippen LogP contribution in [0.4, 0.5) is 5.82 Å². The summed E-state index contributed by atoms with van der Waals surface area (Å²) < 4.78 is 3.27. The van der Waals surface area contributed by atoms with Crippen LogP contribution in [0.3, 0.4) is 0 Å². The second-order valence-corrected chi connectivity index (χ2v) is 8.47. The van der Waals surface area contributed by atoms with Crippen LogP contribution >= 0.6 is 0 Å². The van der Waals surface area contributed by atoms with Crippen molar-refractivity contribution in [2.75, 3.05) is 11.4 Å². The summed E-state index contributed by atoms with van der Waals surface area (Å²) in [6, 6.07) is 7.63. The molecule has 0 atom stereocenters. The van der Waals surface area contributed by atoms with Gasteiger partial charge in [0.15, 0.2) is 11.5 Å². The monoisotopic (exact) mass is 450 g/mol. The van der Waals surface area contributed by atoms with Crippen LogP contribution in [-0.4, -0.2) is 40.7 Å².